The van der Waals surface area contributed by atoms with Crippen LogP contribution >= 0.6 is 12.4 Å². The zero-order chi connectivity index (χ0) is 14.5. The molecule has 0 aliphatic carbocycles. The first-order valence-electron chi connectivity index (χ1n) is 6.22. The lowest BCUT2D eigenvalue weighted by Gasteiger charge is -2.22. The molecule has 0 fully saturated rings. The molecule has 1 heterocycles. The van der Waals surface area contributed by atoms with E-state index < -0.39 is 5.54 Å². The van der Waals surface area contributed by atoms with Crippen LogP contribution in [0.25, 0.3) is 0 Å². The lowest BCUT2D eigenvalue weighted by Crippen LogP contribution is -2.48. The Bertz CT molecular complexity index is 458. The standard InChI is InChI=1S/C12H21N5O2.ClH/c1-4-5-12(2,13)11(19)16-9-6-15-17(7-9)8-10(18)14-3;/h6-7H,4-5,8,13H2,1-3H3,(H,14,18)(H,16,19);1H. The Hall–Kier alpha value is -1.60. The van der Waals surface area contributed by atoms with Gasteiger partial charge in [0.25, 0.3) is 0 Å². The van der Waals surface area contributed by atoms with Gasteiger partial charge in [0.2, 0.25) is 11.8 Å². The summed E-state index contributed by atoms with van der Waals surface area (Å²) in [7, 11) is 1.55. The van der Waals surface area contributed by atoms with Gasteiger partial charge in [0.15, 0.2) is 0 Å². The minimum atomic E-state index is -0.905. The van der Waals surface area contributed by atoms with Gasteiger partial charge in [-0.2, -0.15) is 5.10 Å². The van der Waals surface area contributed by atoms with Crippen LogP contribution < -0.4 is 16.4 Å². The summed E-state index contributed by atoms with van der Waals surface area (Å²) in [6.45, 7) is 3.78. The number of nitrogens with one attached hydrogen (secondary N) is 2. The van der Waals surface area contributed by atoms with E-state index >= 15 is 0 Å². The second kappa shape index (κ2) is 7.86. The Labute approximate surface area is 124 Å². The molecule has 1 aromatic heterocycles. The number of halogens is 1. The first-order chi connectivity index (χ1) is 8.89. The summed E-state index contributed by atoms with van der Waals surface area (Å²) in [6, 6.07) is 0. The third-order valence-electron chi connectivity index (χ3n) is 2.76. The van der Waals surface area contributed by atoms with Crippen LogP contribution in [0.4, 0.5) is 5.69 Å². The quantitative estimate of drug-likeness (QED) is 0.712. The van der Waals surface area contributed by atoms with Gasteiger partial charge in [-0.3, -0.25) is 14.3 Å². The molecule has 1 aromatic rings. The second-order valence-corrected chi connectivity index (χ2v) is 4.72. The molecular formula is C12H22ClN5O2. The maximum atomic E-state index is 12.0. The lowest BCUT2D eigenvalue weighted by molar-refractivity contribution is -0.121. The van der Waals surface area contributed by atoms with Crippen molar-refractivity contribution >= 4 is 29.9 Å². The predicted octanol–water partition coefficient (Wildman–Crippen LogP) is 0.507. The molecule has 1 rings (SSSR count). The van der Waals surface area contributed by atoms with Crippen molar-refractivity contribution in [3.63, 3.8) is 0 Å². The minimum absolute atomic E-state index is 0. The number of likely N-dealkylation sites (N-methyl/N-ethyl adjacent to an activating group) is 1. The highest BCUT2D eigenvalue weighted by Crippen LogP contribution is 2.13. The van der Waals surface area contributed by atoms with Gasteiger partial charge in [0.05, 0.1) is 17.4 Å². The van der Waals surface area contributed by atoms with Gasteiger partial charge < -0.3 is 16.4 Å². The third kappa shape index (κ3) is 5.18. The van der Waals surface area contributed by atoms with Crippen LogP contribution in [-0.4, -0.2) is 34.2 Å². The van der Waals surface area contributed by atoms with E-state index in [0.717, 1.165) is 6.42 Å². The molecule has 1 atom stereocenters. The van der Waals surface area contributed by atoms with E-state index in [4.69, 9.17) is 5.73 Å². The highest BCUT2D eigenvalue weighted by atomic mass is 35.5. The van der Waals surface area contributed by atoms with E-state index in [9.17, 15) is 9.59 Å². The van der Waals surface area contributed by atoms with E-state index in [1.807, 2.05) is 6.92 Å². The number of aromatic nitrogens is 2. The summed E-state index contributed by atoms with van der Waals surface area (Å²) in [6.07, 6.45) is 4.51. The van der Waals surface area contributed by atoms with Gasteiger partial charge in [-0.05, 0) is 13.3 Å². The zero-order valence-corrected chi connectivity index (χ0v) is 12.8. The van der Waals surface area contributed by atoms with E-state index in [1.165, 1.54) is 10.9 Å². The van der Waals surface area contributed by atoms with Crippen LogP contribution in [0.5, 0.6) is 0 Å². The average molecular weight is 304 g/mol. The molecule has 0 saturated carbocycles. The van der Waals surface area contributed by atoms with Crippen LogP contribution in [0.3, 0.4) is 0 Å². The molecule has 114 valence electrons. The SMILES string of the molecule is CCCC(C)(N)C(=O)Nc1cnn(CC(=O)NC)c1.Cl. The Morgan fingerprint density at radius 3 is 2.70 bits per heavy atom. The number of amides is 2. The van der Waals surface area contributed by atoms with Crippen LogP contribution in [0.2, 0.25) is 0 Å². The summed E-state index contributed by atoms with van der Waals surface area (Å²) in [4.78, 5) is 23.1. The molecule has 8 heteroatoms. The Balaban J connectivity index is 0.00000361. The van der Waals surface area contributed by atoms with Crippen molar-refractivity contribution in [2.75, 3.05) is 12.4 Å². The van der Waals surface area contributed by atoms with Crippen molar-refractivity contribution in [1.82, 2.24) is 15.1 Å². The highest BCUT2D eigenvalue weighted by Gasteiger charge is 2.27. The molecule has 1 unspecified atom stereocenters. The fraction of sp³-hybridized carbons (Fsp3) is 0.583. The molecule has 0 aliphatic heterocycles. The van der Waals surface area contributed by atoms with Gasteiger partial charge in [-0.25, -0.2) is 0 Å². The minimum Gasteiger partial charge on any atom is -0.358 e. The number of hydrogen-bond donors (Lipinski definition) is 3. The monoisotopic (exact) mass is 303 g/mol. The molecule has 0 saturated heterocycles. The Kier molecular flexibility index (Phi) is 7.23. The summed E-state index contributed by atoms with van der Waals surface area (Å²) in [5.74, 6) is -0.413. The van der Waals surface area contributed by atoms with Crippen molar-refractivity contribution in [3.05, 3.63) is 12.4 Å². The number of nitrogens with two attached hydrogens (primary N) is 1. The number of nitrogens with zero attached hydrogens (tertiary/aromatic N) is 2. The Morgan fingerprint density at radius 2 is 2.15 bits per heavy atom. The summed E-state index contributed by atoms with van der Waals surface area (Å²) in [5, 5.41) is 9.18. The van der Waals surface area contributed by atoms with E-state index in [0.29, 0.717) is 12.1 Å². The number of carbonyl (C=O) groups is 2. The van der Waals surface area contributed by atoms with Gasteiger partial charge in [-0.1, -0.05) is 13.3 Å². The van der Waals surface area contributed by atoms with Crippen molar-refractivity contribution in [3.8, 4) is 0 Å². The first-order valence-corrected chi connectivity index (χ1v) is 6.22. The van der Waals surface area contributed by atoms with Gasteiger partial charge in [0, 0.05) is 13.2 Å². The highest BCUT2D eigenvalue weighted by molar-refractivity contribution is 5.97. The normalized spacial score (nSPS) is 13.0. The largest absolute Gasteiger partial charge is 0.358 e. The van der Waals surface area contributed by atoms with Crippen molar-refractivity contribution < 1.29 is 9.59 Å². The molecule has 0 bridgehead atoms. The maximum absolute atomic E-state index is 12.0. The molecule has 2 amide bonds. The van der Waals surface area contributed by atoms with Crippen LogP contribution in [0.15, 0.2) is 12.4 Å². The van der Waals surface area contributed by atoms with Crippen LogP contribution in [0.1, 0.15) is 26.7 Å². The van der Waals surface area contributed by atoms with Crippen molar-refractivity contribution in [2.45, 2.75) is 38.8 Å². The molecule has 20 heavy (non-hydrogen) atoms. The number of rotatable bonds is 6. The zero-order valence-electron chi connectivity index (χ0n) is 12.0. The third-order valence-corrected chi connectivity index (χ3v) is 2.76. The van der Waals surface area contributed by atoms with Crippen molar-refractivity contribution in [2.24, 2.45) is 5.73 Å². The molecular weight excluding hydrogens is 282 g/mol. The van der Waals surface area contributed by atoms with Crippen molar-refractivity contribution in [1.29, 1.82) is 0 Å². The summed E-state index contributed by atoms with van der Waals surface area (Å²) >= 11 is 0. The molecule has 0 spiro atoms. The fourth-order valence-corrected chi connectivity index (χ4v) is 1.65. The fourth-order valence-electron chi connectivity index (χ4n) is 1.65. The summed E-state index contributed by atoms with van der Waals surface area (Å²) in [5.41, 5.74) is 5.55. The maximum Gasteiger partial charge on any atom is 0.244 e. The first kappa shape index (κ1) is 18.4. The number of anilines is 1. The van der Waals surface area contributed by atoms with Crippen LogP contribution in [0, 0.1) is 0 Å². The summed E-state index contributed by atoms with van der Waals surface area (Å²) < 4.78 is 1.45. The van der Waals surface area contributed by atoms with E-state index in [2.05, 4.69) is 15.7 Å². The van der Waals surface area contributed by atoms with Gasteiger partial charge in [0.1, 0.15) is 6.54 Å². The number of hydrogen-bond acceptors (Lipinski definition) is 4. The average Bonchev–Trinajstić information content (AvgIpc) is 2.76. The molecule has 4 N–H and O–H groups in total. The molecule has 0 aliphatic rings. The van der Waals surface area contributed by atoms with E-state index in [-0.39, 0.29) is 30.8 Å². The molecule has 0 aromatic carbocycles. The lowest BCUT2D eigenvalue weighted by atomic mass is 9.96. The predicted molar refractivity (Wildman–Crippen MR) is 79.7 cm³/mol. The van der Waals surface area contributed by atoms with Gasteiger partial charge in [-0.15, -0.1) is 12.4 Å². The second-order valence-electron chi connectivity index (χ2n) is 4.72. The number of carbonyl (C=O) groups excluding carboxylic acids is 2. The van der Waals surface area contributed by atoms with Gasteiger partial charge >= 0.3 is 0 Å². The molecule has 0 radical (unpaired) electrons. The van der Waals surface area contributed by atoms with E-state index in [1.54, 1.807) is 20.2 Å². The van der Waals surface area contributed by atoms with Crippen LogP contribution in [-0.2, 0) is 16.1 Å². The smallest absolute Gasteiger partial charge is 0.244 e. The Morgan fingerprint density at radius 1 is 1.50 bits per heavy atom. The topological polar surface area (TPSA) is 102 Å². The molecule has 7 nitrogen and oxygen atoms in total.